The summed E-state index contributed by atoms with van der Waals surface area (Å²) in [5, 5.41) is 0. The quantitative estimate of drug-likeness (QED) is 0.551. The van der Waals surface area contributed by atoms with Crippen molar-refractivity contribution < 1.29 is 19.1 Å². The molecule has 0 N–H and O–H groups in total. The minimum absolute atomic E-state index is 0.0239. The molecular formula is C28H37N3O4. The van der Waals surface area contributed by atoms with Gasteiger partial charge in [-0.2, -0.15) is 0 Å². The van der Waals surface area contributed by atoms with Crippen molar-refractivity contribution >= 4 is 11.8 Å². The molecule has 1 atom stereocenters. The lowest BCUT2D eigenvalue weighted by Gasteiger charge is -2.36. The second-order valence-electron chi connectivity index (χ2n) is 9.35. The summed E-state index contributed by atoms with van der Waals surface area (Å²) in [5.41, 5.74) is 2.31. The molecule has 7 nitrogen and oxygen atoms in total. The lowest BCUT2D eigenvalue weighted by molar-refractivity contribution is -0.135. The van der Waals surface area contributed by atoms with E-state index in [0.717, 1.165) is 62.4 Å². The minimum atomic E-state index is 0.0239. The molecule has 2 aromatic carbocycles. The molecule has 0 spiro atoms. The molecule has 0 bridgehead atoms. The Morgan fingerprint density at radius 1 is 0.914 bits per heavy atom. The predicted octanol–water partition coefficient (Wildman–Crippen LogP) is 3.53. The molecule has 1 unspecified atom stereocenters. The smallest absolute Gasteiger partial charge is 0.237 e. The van der Waals surface area contributed by atoms with Gasteiger partial charge in [0.1, 0.15) is 11.5 Å². The summed E-state index contributed by atoms with van der Waals surface area (Å²) in [7, 11) is 3.29. The van der Waals surface area contributed by atoms with Crippen LogP contribution in [0, 0.1) is 0 Å². The third kappa shape index (κ3) is 6.34. The Morgan fingerprint density at radius 3 is 2.40 bits per heavy atom. The van der Waals surface area contributed by atoms with Gasteiger partial charge in [0.2, 0.25) is 11.8 Å². The summed E-state index contributed by atoms with van der Waals surface area (Å²) in [6.45, 7) is 4.00. The molecule has 2 aliphatic rings. The number of carbonyl (C=O) groups excluding carboxylic acids is 2. The van der Waals surface area contributed by atoms with Crippen molar-refractivity contribution in [2.45, 2.75) is 38.1 Å². The van der Waals surface area contributed by atoms with Gasteiger partial charge in [-0.25, -0.2) is 0 Å². The summed E-state index contributed by atoms with van der Waals surface area (Å²) in [6, 6.07) is 16.1. The number of likely N-dealkylation sites (tertiary alicyclic amines) is 1. The zero-order valence-corrected chi connectivity index (χ0v) is 20.9. The van der Waals surface area contributed by atoms with E-state index in [1.165, 1.54) is 5.56 Å². The van der Waals surface area contributed by atoms with Gasteiger partial charge >= 0.3 is 0 Å². The Labute approximate surface area is 208 Å². The number of methoxy groups -OCH3 is 2. The third-order valence-corrected chi connectivity index (χ3v) is 7.16. The Hall–Kier alpha value is -3.06. The maximum absolute atomic E-state index is 13.2. The molecule has 2 saturated heterocycles. The van der Waals surface area contributed by atoms with Crippen molar-refractivity contribution in [3.8, 4) is 11.5 Å². The summed E-state index contributed by atoms with van der Waals surface area (Å²) in [6.07, 6.45) is 4.28. The molecule has 2 aliphatic heterocycles. The molecule has 4 rings (SSSR count). The first-order valence-corrected chi connectivity index (χ1v) is 12.6. The number of hydrogen-bond donors (Lipinski definition) is 0. The number of hydrogen-bond acceptors (Lipinski definition) is 5. The SMILES string of the molecule is COc1ccc(C2CCCN2C(=O)CN2CCN(C(=O)CCCc3ccccc3)CC2)c(OC)c1. The van der Waals surface area contributed by atoms with Crippen LogP contribution in [0.2, 0.25) is 0 Å². The Kier molecular flexibility index (Phi) is 8.64. The number of carbonyl (C=O) groups is 2. The highest BCUT2D eigenvalue weighted by Crippen LogP contribution is 2.38. The first-order valence-electron chi connectivity index (χ1n) is 12.6. The van der Waals surface area contributed by atoms with Crippen LogP contribution in [-0.2, 0) is 16.0 Å². The molecule has 2 heterocycles. The normalized spacial score (nSPS) is 18.5. The summed E-state index contributed by atoms with van der Waals surface area (Å²) in [5.74, 6) is 1.87. The van der Waals surface area contributed by atoms with Crippen LogP contribution in [0.1, 0.15) is 42.9 Å². The van der Waals surface area contributed by atoms with Crippen molar-refractivity contribution in [2.75, 3.05) is 53.5 Å². The van der Waals surface area contributed by atoms with Crippen LogP contribution in [0.5, 0.6) is 11.5 Å². The Morgan fingerprint density at radius 2 is 1.69 bits per heavy atom. The number of piperazine rings is 1. The van der Waals surface area contributed by atoms with E-state index >= 15 is 0 Å². The van der Waals surface area contributed by atoms with Gasteiger partial charge in [0.25, 0.3) is 0 Å². The van der Waals surface area contributed by atoms with E-state index in [2.05, 4.69) is 17.0 Å². The van der Waals surface area contributed by atoms with Crippen LogP contribution < -0.4 is 9.47 Å². The highest BCUT2D eigenvalue weighted by atomic mass is 16.5. The number of nitrogens with zero attached hydrogens (tertiary/aromatic N) is 3. The van der Waals surface area contributed by atoms with Crippen LogP contribution >= 0.6 is 0 Å². The maximum Gasteiger partial charge on any atom is 0.237 e. The molecule has 0 saturated carbocycles. The fourth-order valence-corrected chi connectivity index (χ4v) is 5.17. The zero-order valence-electron chi connectivity index (χ0n) is 20.9. The summed E-state index contributed by atoms with van der Waals surface area (Å²) >= 11 is 0. The van der Waals surface area contributed by atoms with Crippen LogP contribution in [0.25, 0.3) is 0 Å². The van der Waals surface area contributed by atoms with Gasteiger partial charge in [-0.15, -0.1) is 0 Å². The van der Waals surface area contributed by atoms with Gasteiger partial charge in [-0.1, -0.05) is 30.3 Å². The number of amides is 2. The number of aryl methyl sites for hydroxylation is 1. The molecule has 188 valence electrons. The number of ether oxygens (including phenoxy) is 2. The van der Waals surface area contributed by atoms with Crippen LogP contribution in [0.15, 0.2) is 48.5 Å². The van der Waals surface area contributed by atoms with Gasteiger partial charge in [0.15, 0.2) is 0 Å². The molecule has 2 amide bonds. The van der Waals surface area contributed by atoms with Crippen LogP contribution in [-0.4, -0.2) is 80.0 Å². The third-order valence-electron chi connectivity index (χ3n) is 7.16. The molecule has 2 aromatic rings. The maximum atomic E-state index is 13.2. The average molecular weight is 480 g/mol. The van der Waals surface area contributed by atoms with E-state index in [4.69, 9.17) is 9.47 Å². The lowest BCUT2D eigenvalue weighted by atomic mass is 10.0. The average Bonchev–Trinajstić information content (AvgIpc) is 3.39. The molecule has 0 aromatic heterocycles. The Bertz CT molecular complexity index is 989. The standard InChI is InChI=1S/C28H37N3O4/c1-34-23-13-14-24(26(20-23)35-2)25-11-7-15-31(25)28(33)21-29-16-18-30(19-17-29)27(32)12-6-10-22-8-4-3-5-9-22/h3-5,8-9,13-14,20,25H,6-7,10-12,15-19,21H2,1-2H3. The Balaban J connectivity index is 1.25. The number of rotatable bonds is 9. The number of benzene rings is 2. The van der Waals surface area contributed by atoms with Gasteiger partial charge in [0, 0.05) is 50.8 Å². The predicted molar refractivity (Wildman–Crippen MR) is 136 cm³/mol. The largest absolute Gasteiger partial charge is 0.497 e. The van der Waals surface area contributed by atoms with Crippen molar-refractivity contribution in [3.63, 3.8) is 0 Å². The highest BCUT2D eigenvalue weighted by Gasteiger charge is 2.33. The van der Waals surface area contributed by atoms with Crippen molar-refractivity contribution in [1.29, 1.82) is 0 Å². The molecule has 35 heavy (non-hydrogen) atoms. The van der Waals surface area contributed by atoms with E-state index in [9.17, 15) is 9.59 Å². The minimum Gasteiger partial charge on any atom is -0.497 e. The van der Waals surface area contributed by atoms with E-state index < -0.39 is 0 Å². The van der Waals surface area contributed by atoms with Crippen molar-refractivity contribution in [2.24, 2.45) is 0 Å². The van der Waals surface area contributed by atoms with E-state index in [0.29, 0.717) is 26.1 Å². The molecular weight excluding hydrogens is 442 g/mol. The molecule has 0 radical (unpaired) electrons. The van der Waals surface area contributed by atoms with Crippen LogP contribution in [0.4, 0.5) is 0 Å². The topological polar surface area (TPSA) is 62.3 Å². The van der Waals surface area contributed by atoms with E-state index in [-0.39, 0.29) is 17.9 Å². The van der Waals surface area contributed by atoms with Crippen molar-refractivity contribution in [1.82, 2.24) is 14.7 Å². The van der Waals surface area contributed by atoms with Crippen LogP contribution in [0.3, 0.4) is 0 Å². The van der Waals surface area contributed by atoms with E-state index in [1.54, 1.807) is 14.2 Å². The molecule has 0 aliphatic carbocycles. The first kappa shape index (κ1) is 25.0. The molecule has 7 heteroatoms. The van der Waals surface area contributed by atoms with E-state index in [1.807, 2.05) is 46.2 Å². The highest BCUT2D eigenvalue weighted by molar-refractivity contribution is 5.79. The summed E-state index contributed by atoms with van der Waals surface area (Å²) in [4.78, 5) is 32.0. The zero-order chi connectivity index (χ0) is 24.6. The van der Waals surface area contributed by atoms with Gasteiger partial charge in [-0.05, 0) is 43.4 Å². The molecule has 2 fully saturated rings. The second-order valence-corrected chi connectivity index (χ2v) is 9.35. The van der Waals surface area contributed by atoms with Gasteiger partial charge in [0.05, 0.1) is 26.8 Å². The van der Waals surface area contributed by atoms with Gasteiger partial charge < -0.3 is 19.3 Å². The fraction of sp³-hybridized carbons (Fsp3) is 0.500. The van der Waals surface area contributed by atoms with Crippen molar-refractivity contribution in [3.05, 3.63) is 59.7 Å². The van der Waals surface area contributed by atoms with Gasteiger partial charge in [-0.3, -0.25) is 14.5 Å². The monoisotopic (exact) mass is 479 g/mol. The fourth-order valence-electron chi connectivity index (χ4n) is 5.17. The summed E-state index contributed by atoms with van der Waals surface area (Å²) < 4.78 is 10.9. The first-order chi connectivity index (χ1) is 17.1. The lowest BCUT2D eigenvalue weighted by Crippen LogP contribution is -2.51. The second kappa shape index (κ2) is 12.1.